The summed E-state index contributed by atoms with van der Waals surface area (Å²) in [6, 6.07) is 11.8. The molecule has 0 atom stereocenters. The van der Waals surface area contributed by atoms with E-state index < -0.39 is 0 Å². The number of piperidine rings is 1. The molecule has 0 unspecified atom stereocenters. The topological polar surface area (TPSA) is 33.2 Å². The number of nitrogens with zero attached hydrogens (tertiary/aromatic N) is 2. The van der Waals surface area contributed by atoms with Gasteiger partial charge in [0.1, 0.15) is 0 Å². The largest absolute Gasteiger partial charge is 0.339 e. The van der Waals surface area contributed by atoms with E-state index >= 15 is 0 Å². The molecule has 2 aromatic rings. The minimum absolute atomic E-state index is 0.131. The Morgan fingerprint density at radius 3 is 2.50 bits per heavy atom. The van der Waals surface area contributed by atoms with E-state index in [9.17, 15) is 4.79 Å². The number of amides is 1. The van der Waals surface area contributed by atoms with E-state index in [1.165, 1.54) is 6.42 Å². The molecule has 0 bridgehead atoms. The van der Waals surface area contributed by atoms with Crippen molar-refractivity contribution in [2.75, 3.05) is 13.1 Å². The molecule has 3 nitrogen and oxygen atoms in total. The molecule has 2 heterocycles. The van der Waals surface area contributed by atoms with Gasteiger partial charge in [-0.05, 0) is 30.9 Å². The van der Waals surface area contributed by atoms with Crippen LogP contribution in [-0.4, -0.2) is 28.9 Å². The zero-order valence-corrected chi connectivity index (χ0v) is 11.5. The van der Waals surface area contributed by atoms with Crippen molar-refractivity contribution in [1.82, 2.24) is 9.88 Å². The number of carbonyl (C=O) groups excluding carboxylic acids is 1. The van der Waals surface area contributed by atoms with Crippen molar-refractivity contribution in [3.63, 3.8) is 0 Å². The highest BCUT2D eigenvalue weighted by molar-refractivity contribution is 6.00. The van der Waals surface area contributed by atoms with E-state index in [0.29, 0.717) is 0 Å². The van der Waals surface area contributed by atoms with Gasteiger partial charge in [0.2, 0.25) is 0 Å². The first-order valence-electron chi connectivity index (χ1n) is 7.15. The molecule has 1 saturated heterocycles. The van der Waals surface area contributed by atoms with Crippen LogP contribution in [-0.2, 0) is 0 Å². The summed E-state index contributed by atoms with van der Waals surface area (Å²) < 4.78 is 0. The standard InChI is InChI=1S/C17H18N2O/c20-17(19-11-5-2-6-12-19)15-9-10-18-13-16(15)14-7-3-1-4-8-14/h1,3-4,7-10,13H,2,5-6,11-12H2. The Morgan fingerprint density at radius 1 is 1.00 bits per heavy atom. The molecule has 1 aromatic carbocycles. The highest BCUT2D eigenvalue weighted by atomic mass is 16.2. The predicted molar refractivity (Wildman–Crippen MR) is 79.4 cm³/mol. The van der Waals surface area contributed by atoms with Crippen molar-refractivity contribution < 1.29 is 4.79 Å². The summed E-state index contributed by atoms with van der Waals surface area (Å²) in [5.74, 6) is 0.131. The number of rotatable bonds is 2. The zero-order chi connectivity index (χ0) is 13.8. The Morgan fingerprint density at radius 2 is 1.75 bits per heavy atom. The first kappa shape index (κ1) is 12.9. The van der Waals surface area contributed by atoms with E-state index in [2.05, 4.69) is 4.98 Å². The van der Waals surface area contributed by atoms with Crippen molar-refractivity contribution in [2.45, 2.75) is 19.3 Å². The molecule has 1 fully saturated rings. The lowest BCUT2D eigenvalue weighted by molar-refractivity contribution is 0.0725. The second-order valence-electron chi connectivity index (χ2n) is 5.14. The monoisotopic (exact) mass is 266 g/mol. The average molecular weight is 266 g/mol. The lowest BCUT2D eigenvalue weighted by atomic mass is 10.0. The van der Waals surface area contributed by atoms with E-state index in [1.807, 2.05) is 41.3 Å². The number of carbonyl (C=O) groups is 1. The fourth-order valence-corrected chi connectivity index (χ4v) is 2.70. The maximum atomic E-state index is 12.7. The number of pyridine rings is 1. The third-order valence-corrected chi connectivity index (χ3v) is 3.78. The van der Waals surface area contributed by atoms with Crippen LogP contribution in [0.1, 0.15) is 29.6 Å². The van der Waals surface area contributed by atoms with E-state index in [4.69, 9.17) is 0 Å². The van der Waals surface area contributed by atoms with Gasteiger partial charge in [-0.2, -0.15) is 0 Å². The average Bonchev–Trinajstić information content (AvgIpc) is 2.56. The Bertz CT molecular complexity index is 589. The Kier molecular flexibility index (Phi) is 3.77. The minimum Gasteiger partial charge on any atom is -0.339 e. The fraction of sp³-hybridized carbons (Fsp3) is 0.294. The summed E-state index contributed by atoms with van der Waals surface area (Å²) >= 11 is 0. The van der Waals surface area contributed by atoms with Gasteiger partial charge in [-0.15, -0.1) is 0 Å². The van der Waals surface area contributed by atoms with Gasteiger partial charge in [0.25, 0.3) is 5.91 Å². The number of hydrogen-bond acceptors (Lipinski definition) is 2. The first-order valence-corrected chi connectivity index (χ1v) is 7.15. The van der Waals surface area contributed by atoms with Crippen molar-refractivity contribution in [1.29, 1.82) is 0 Å². The summed E-state index contributed by atoms with van der Waals surface area (Å²) in [4.78, 5) is 18.8. The molecule has 0 saturated carbocycles. The summed E-state index contributed by atoms with van der Waals surface area (Å²) in [6.07, 6.45) is 6.93. The van der Waals surface area contributed by atoms with Gasteiger partial charge in [-0.3, -0.25) is 9.78 Å². The highest BCUT2D eigenvalue weighted by Gasteiger charge is 2.21. The lowest BCUT2D eigenvalue weighted by Crippen LogP contribution is -2.35. The number of likely N-dealkylation sites (tertiary alicyclic amines) is 1. The zero-order valence-electron chi connectivity index (χ0n) is 11.5. The van der Waals surface area contributed by atoms with Gasteiger partial charge in [-0.1, -0.05) is 30.3 Å². The number of benzene rings is 1. The third kappa shape index (κ3) is 2.57. The maximum Gasteiger partial charge on any atom is 0.254 e. The smallest absolute Gasteiger partial charge is 0.254 e. The highest BCUT2D eigenvalue weighted by Crippen LogP contribution is 2.24. The normalized spacial score (nSPS) is 15.1. The van der Waals surface area contributed by atoms with Crippen LogP contribution in [0.4, 0.5) is 0 Å². The fourth-order valence-electron chi connectivity index (χ4n) is 2.70. The number of hydrogen-bond donors (Lipinski definition) is 0. The SMILES string of the molecule is O=C(c1ccncc1-c1ccccc1)N1CCCCC1. The second kappa shape index (κ2) is 5.87. The van der Waals surface area contributed by atoms with Crippen LogP contribution in [0.3, 0.4) is 0 Å². The lowest BCUT2D eigenvalue weighted by Gasteiger charge is -2.27. The molecule has 0 aliphatic carbocycles. The molecular weight excluding hydrogens is 248 g/mol. The van der Waals surface area contributed by atoms with E-state index in [0.717, 1.165) is 42.6 Å². The van der Waals surface area contributed by atoms with Crippen LogP contribution >= 0.6 is 0 Å². The van der Waals surface area contributed by atoms with Crippen molar-refractivity contribution in [3.8, 4) is 11.1 Å². The maximum absolute atomic E-state index is 12.7. The summed E-state index contributed by atoms with van der Waals surface area (Å²) in [5.41, 5.74) is 2.72. The molecular formula is C17H18N2O. The molecule has 102 valence electrons. The van der Waals surface area contributed by atoms with Gasteiger partial charge in [0.05, 0.1) is 5.56 Å². The van der Waals surface area contributed by atoms with E-state index in [1.54, 1.807) is 12.4 Å². The van der Waals surface area contributed by atoms with Crippen LogP contribution in [0.15, 0.2) is 48.8 Å². The van der Waals surface area contributed by atoms with Gasteiger partial charge in [0, 0.05) is 31.0 Å². The van der Waals surface area contributed by atoms with Crippen molar-refractivity contribution in [3.05, 3.63) is 54.4 Å². The molecule has 0 spiro atoms. The Balaban J connectivity index is 1.95. The van der Waals surface area contributed by atoms with Gasteiger partial charge >= 0.3 is 0 Å². The molecule has 1 aliphatic rings. The van der Waals surface area contributed by atoms with Gasteiger partial charge in [-0.25, -0.2) is 0 Å². The molecule has 1 aliphatic heterocycles. The van der Waals surface area contributed by atoms with Gasteiger partial charge in [0.15, 0.2) is 0 Å². The minimum atomic E-state index is 0.131. The molecule has 3 heteroatoms. The summed E-state index contributed by atoms with van der Waals surface area (Å²) in [6.45, 7) is 1.74. The van der Waals surface area contributed by atoms with E-state index in [-0.39, 0.29) is 5.91 Å². The molecule has 0 radical (unpaired) electrons. The summed E-state index contributed by atoms with van der Waals surface area (Å²) in [7, 11) is 0. The molecule has 20 heavy (non-hydrogen) atoms. The molecule has 1 aromatic heterocycles. The Labute approximate surface area is 119 Å². The number of aromatic nitrogens is 1. The molecule has 0 N–H and O–H groups in total. The van der Waals surface area contributed by atoms with Crippen LogP contribution in [0.5, 0.6) is 0 Å². The Hall–Kier alpha value is -2.16. The van der Waals surface area contributed by atoms with Crippen molar-refractivity contribution in [2.24, 2.45) is 0 Å². The third-order valence-electron chi connectivity index (χ3n) is 3.78. The predicted octanol–water partition coefficient (Wildman–Crippen LogP) is 3.37. The molecule has 3 rings (SSSR count). The first-order chi connectivity index (χ1) is 9.86. The second-order valence-corrected chi connectivity index (χ2v) is 5.14. The van der Waals surface area contributed by atoms with Gasteiger partial charge < -0.3 is 4.90 Å². The van der Waals surface area contributed by atoms with Crippen LogP contribution in [0.2, 0.25) is 0 Å². The summed E-state index contributed by atoms with van der Waals surface area (Å²) in [5, 5.41) is 0. The van der Waals surface area contributed by atoms with Crippen molar-refractivity contribution >= 4 is 5.91 Å². The van der Waals surface area contributed by atoms with Crippen LogP contribution in [0.25, 0.3) is 11.1 Å². The quantitative estimate of drug-likeness (QED) is 0.835. The van der Waals surface area contributed by atoms with Crippen LogP contribution in [0, 0.1) is 0 Å². The van der Waals surface area contributed by atoms with Crippen LogP contribution < -0.4 is 0 Å². The molecule has 1 amide bonds.